The molecule has 0 radical (unpaired) electrons. The minimum Gasteiger partial charge on any atom is -0.481 e. The van der Waals surface area contributed by atoms with E-state index in [2.05, 4.69) is 11.8 Å². The maximum absolute atomic E-state index is 10.4. The third-order valence-electron chi connectivity index (χ3n) is 1.69. The van der Waals surface area contributed by atoms with E-state index < -0.39 is 12.6 Å². The van der Waals surface area contributed by atoms with Crippen LogP contribution in [0.2, 0.25) is 5.02 Å². The summed E-state index contributed by atoms with van der Waals surface area (Å²) in [5.41, 5.74) is 0.505. The van der Waals surface area contributed by atoms with Crippen LogP contribution in [0.4, 0.5) is 0 Å². The zero-order chi connectivity index (χ0) is 12.7. The second-order valence-corrected chi connectivity index (χ2v) is 3.40. The van der Waals surface area contributed by atoms with Crippen LogP contribution in [0.25, 0.3) is 0 Å². The number of benzene rings is 1. The lowest BCUT2D eigenvalue weighted by Gasteiger charge is -2.05. The van der Waals surface area contributed by atoms with Crippen LogP contribution in [0.3, 0.4) is 0 Å². The molecular formula is C12H8ClNO3. The molecule has 1 rings (SSSR count). The van der Waals surface area contributed by atoms with Crippen LogP contribution < -0.4 is 4.74 Å². The maximum atomic E-state index is 10.4. The molecule has 0 amide bonds. The molecule has 0 aliphatic heterocycles. The van der Waals surface area contributed by atoms with Crippen molar-refractivity contribution in [1.29, 1.82) is 5.26 Å². The largest absolute Gasteiger partial charge is 0.481 e. The number of aliphatic carboxylic acids is 1. The van der Waals surface area contributed by atoms with Crippen molar-refractivity contribution in [2.45, 2.75) is 6.42 Å². The molecule has 0 unspecified atom stereocenters. The van der Waals surface area contributed by atoms with Gasteiger partial charge in [-0.15, -0.1) is 0 Å². The number of rotatable bonds is 3. The minimum atomic E-state index is -1.08. The fourth-order valence-electron chi connectivity index (χ4n) is 1.04. The summed E-state index contributed by atoms with van der Waals surface area (Å²) in [7, 11) is 0. The van der Waals surface area contributed by atoms with E-state index in [9.17, 15) is 4.79 Å². The Labute approximate surface area is 103 Å². The van der Waals surface area contributed by atoms with Crippen molar-refractivity contribution in [3.05, 3.63) is 28.8 Å². The van der Waals surface area contributed by atoms with E-state index >= 15 is 0 Å². The van der Waals surface area contributed by atoms with Crippen molar-refractivity contribution in [3.63, 3.8) is 0 Å². The van der Waals surface area contributed by atoms with Gasteiger partial charge in [-0.05, 0) is 12.1 Å². The van der Waals surface area contributed by atoms with Gasteiger partial charge in [0.25, 0.3) is 0 Å². The molecule has 0 saturated heterocycles. The third kappa shape index (κ3) is 4.46. The van der Waals surface area contributed by atoms with Crippen molar-refractivity contribution in [1.82, 2.24) is 0 Å². The van der Waals surface area contributed by atoms with E-state index in [1.807, 2.05) is 6.07 Å². The molecule has 0 heterocycles. The fourth-order valence-corrected chi connectivity index (χ4v) is 1.20. The maximum Gasteiger partial charge on any atom is 0.341 e. The molecule has 0 saturated carbocycles. The molecule has 1 aromatic carbocycles. The van der Waals surface area contributed by atoms with Crippen molar-refractivity contribution in [2.24, 2.45) is 0 Å². The molecule has 86 valence electrons. The van der Waals surface area contributed by atoms with Gasteiger partial charge in [0.2, 0.25) is 0 Å². The molecule has 0 fully saturated rings. The number of carbonyl (C=O) groups is 1. The predicted molar refractivity (Wildman–Crippen MR) is 61.7 cm³/mol. The first-order valence-corrected chi connectivity index (χ1v) is 5.01. The Balaban J connectivity index is 2.93. The topological polar surface area (TPSA) is 70.3 Å². The highest BCUT2D eigenvalue weighted by atomic mass is 35.5. The first-order valence-electron chi connectivity index (χ1n) is 4.63. The van der Waals surface area contributed by atoms with Gasteiger partial charge in [0, 0.05) is 11.1 Å². The summed E-state index contributed by atoms with van der Waals surface area (Å²) in [4.78, 5) is 10.4. The Hall–Kier alpha value is -2.17. The van der Waals surface area contributed by atoms with Gasteiger partial charge in [-0.1, -0.05) is 23.4 Å². The molecular weight excluding hydrogens is 242 g/mol. The van der Waals surface area contributed by atoms with E-state index in [-0.39, 0.29) is 6.42 Å². The first-order chi connectivity index (χ1) is 8.13. The van der Waals surface area contributed by atoms with Crippen molar-refractivity contribution >= 4 is 17.6 Å². The number of nitrogens with zero attached hydrogens (tertiary/aromatic N) is 1. The van der Waals surface area contributed by atoms with Gasteiger partial charge in [0.05, 0.1) is 18.1 Å². The summed E-state index contributed by atoms with van der Waals surface area (Å²) in [6.45, 7) is -0.465. The zero-order valence-corrected chi connectivity index (χ0v) is 9.49. The van der Waals surface area contributed by atoms with Crippen LogP contribution in [0.5, 0.6) is 5.75 Å². The van der Waals surface area contributed by atoms with Crippen LogP contribution in [-0.2, 0) is 4.79 Å². The summed E-state index contributed by atoms with van der Waals surface area (Å²) in [6.07, 6.45) is 0.0982. The average molecular weight is 250 g/mol. The SMILES string of the molecule is N#CCC#Cc1ccc(Cl)cc1OCC(=O)O. The molecule has 5 heteroatoms. The molecule has 4 nitrogen and oxygen atoms in total. The van der Waals surface area contributed by atoms with Crippen LogP contribution in [0.15, 0.2) is 18.2 Å². The van der Waals surface area contributed by atoms with E-state index in [0.29, 0.717) is 16.3 Å². The smallest absolute Gasteiger partial charge is 0.341 e. The molecule has 0 aliphatic carbocycles. The molecule has 17 heavy (non-hydrogen) atoms. The van der Waals surface area contributed by atoms with E-state index in [0.717, 1.165) is 0 Å². The van der Waals surface area contributed by atoms with Crippen LogP contribution in [0, 0.1) is 23.2 Å². The Bertz CT molecular complexity index is 523. The summed E-state index contributed by atoms with van der Waals surface area (Å²) in [6, 6.07) is 6.60. The number of nitriles is 1. The molecule has 0 bridgehead atoms. The fraction of sp³-hybridized carbons (Fsp3) is 0.167. The van der Waals surface area contributed by atoms with Crippen molar-refractivity contribution < 1.29 is 14.6 Å². The number of hydrogen-bond donors (Lipinski definition) is 1. The molecule has 0 aromatic heterocycles. The van der Waals surface area contributed by atoms with Crippen LogP contribution in [0.1, 0.15) is 12.0 Å². The van der Waals surface area contributed by atoms with Gasteiger partial charge in [0.15, 0.2) is 6.61 Å². The summed E-state index contributed by atoms with van der Waals surface area (Å²) >= 11 is 5.77. The highest BCUT2D eigenvalue weighted by Crippen LogP contribution is 2.22. The molecule has 1 N–H and O–H groups in total. The first kappa shape index (κ1) is 12.9. The highest BCUT2D eigenvalue weighted by Gasteiger charge is 2.05. The third-order valence-corrected chi connectivity index (χ3v) is 1.92. The number of hydrogen-bond acceptors (Lipinski definition) is 3. The van der Waals surface area contributed by atoms with Gasteiger partial charge in [-0.25, -0.2) is 4.79 Å². The lowest BCUT2D eigenvalue weighted by atomic mass is 10.2. The molecule has 0 atom stereocenters. The Morgan fingerprint density at radius 3 is 2.94 bits per heavy atom. The summed E-state index contributed by atoms with van der Waals surface area (Å²) in [5.74, 6) is 4.55. The number of ether oxygens (including phenoxy) is 1. The molecule has 1 aromatic rings. The van der Waals surface area contributed by atoms with Crippen LogP contribution in [-0.4, -0.2) is 17.7 Å². The van der Waals surface area contributed by atoms with E-state index in [1.54, 1.807) is 12.1 Å². The van der Waals surface area contributed by atoms with Crippen molar-refractivity contribution in [2.75, 3.05) is 6.61 Å². The molecule has 0 spiro atoms. The van der Waals surface area contributed by atoms with Crippen LogP contribution >= 0.6 is 11.6 Å². The Morgan fingerprint density at radius 2 is 2.29 bits per heavy atom. The van der Waals surface area contributed by atoms with Gasteiger partial charge >= 0.3 is 5.97 Å². The van der Waals surface area contributed by atoms with E-state index in [1.165, 1.54) is 6.07 Å². The van der Waals surface area contributed by atoms with Crippen molar-refractivity contribution in [3.8, 4) is 23.7 Å². The lowest BCUT2D eigenvalue weighted by Crippen LogP contribution is -2.10. The quantitative estimate of drug-likeness (QED) is 0.833. The average Bonchev–Trinajstić information content (AvgIpc) is 2.29. The van der Waals surface area contributed by atoms with E-state index in [4.69, 9.17) is 26.7 Å². The summed E-state index contributed by atoms with van der Waals surface area (Å²) in [5, 5.41) is 17.3. The van der Waals surface area contributed by atoms with Gasteiger partial charge < -0.3 is 9.84 Å². The highest BCUT2D eigenvalue weighted by molar-refractivity contribution is 6.30. The Kier molecular flexibility index (Phi) is 4.87. The summed E-state index contributed by atoms with van der Waals surface area (Å²) < 4.78 is 5.04. The van der Waals surface area contributed by atoms with Gasteiger partial charge in [-0.2, -0.15) is 5.26 Å². The Morgan fingerprint density at radius 1 is 1.53 bits per heavy atom. The monoisotopic (exact) mass is 249 g/mol. The second-order valence-electron chi connectivity index (χ2n) is 2.96. The second kappa shape index (κ2) is 6.42. The number of carboxylic acids is 1. The minimum absolute atomic E-state index is 0.0982. The van der Waals surface area contributed by atoms with Gasteiger partial charge in [-0.3, -0.25) is 0 Å². The number of halogens is 1. The predicted octanol–water partition coefficient (Wildman–Crippen LogP) is 2.07. The molecule has 0 aliphatic rings. The normalized spacial score (nSPS) is 8.71. The van der Waals surface area contributed by atoms with Gasteiger partial charge in [0.1, 0.15) is 5.75 Å². The number of carboxylic acid groups (broad SMARTS) is 1. The standard InChI is InChI=1S/C12H8ClNO3/c13-10-5-4-9(3-1-2-6-14)11(7-10)17-8-12(15)16/h4-5,7H,2,8H2,(H,15,16). The zero-order valence-electron chi connectivity index (χ0n) is 8.74. The lowest BCUT2D eigenvalue weighted by molar-refractivity contribution is -0.139.